The van der Waals surface area contributed by atoms with E-state index in [0.29, 0.717) is 5.82 Å². The molecule has 1 saturated carbocycles. The number of hydrogen-bond donors (Lipinski definition) is 0. The fourth-order valence-electron chi connectivity index (χ4n) is 3.78. The van der Waals surface area contributed by atoms with Crippen LogP contribution in [0.4, 0.5) is 33.5 Å². The van der Waals surface area contributed by atoms with E-state index in [1.807, 2.05) is 6.92 Å². The molecule has 0 atom stereocenters. The summed E-state index contributed by atoms with van der Waals surface area (Å²) in [4.78, 5) is 5.18. The molecule has 0 spiro atoms. The second kappa shape index (κ2) is 7.94. The molecule has 1 aliphatic carbocycles. The number of alkyl halides is 2. The van der Waals surface area contributed by atoms with E-state index < -0.39 is 30.4 Å². The fourth-order valence-corrected chi connectivity index (χ4v) is 3.78. The van der Waals surface area contributed by atoms with Crippen LogP contribution in [0.2, 0.25) is 0 Å². The molecular formula is C24H18F5N5. The normalized spacial score (nSPS) is 14.5. The second-order valence-corrected chi connectivity index (χ2v) is 8.58. The summed E-state index contributed by atoms with van der Waals surface area (Å²) >= 11 is 0. The van der Waals surface area contributed by atoms with Crippen LogP contribution in [0.1, 0.15) is 31.2 Å². The predicted octanol–water partition coefficient (Wildman–Crippen LogP) is 5.56. The zero-order valence-electron chi connectivity index (χ0n) is 18.2. The molecule has 174 valence electrons. The Bertz CT molecular complexity index is 1500. The van der Waals surface area contributed by atoms with Gasteiger partial charge in [-0.1, -0.05) is 11.8 Å². The monoisotopic (exact) mass is 471 g/mol. The number of anilines is 2. The van der Waals surface area contributed by atoms with Crippen LogP contribution < -0.4 is 4.90 Å². The molecule has 4 aromatic rings. The Morgan fingerprint density at radius 1 is 1.12 bits per heavy atom. The van der Waals surface area contributed by atoms with Gasteiger partial charge in [0.1, 0.15) is 17.5 Å². The molecule has 5 rings (SSSR count). The van der Waals surface area contributed by atoms with Crippen molar-refractivity contribution in [1.29, 1.82) is 0 Å². The molecule has 10 heteroatoms. The number of fused-ring (bicyclic) bond motifs is 3. The molecular weight excluding hydrogens is 453 g/mol. The van der Waals surface area contributed by atoms with E-state index in [1.165, 1.54) is 22.6 Å². The maximum Gasteiger partial charge on any atom is 0.257 e. The molecule has 34 heavy (non-hydrogen) atoms. The molecule has 0 aliphatic heterocycles. The van der Waals surface area contributed by atoms with Crippen LogP contribution in [0.5, 0.6) is 0 Å². The minimum Gasteiger partial charge on any atom is -0.320 e. The van der Waals surface area contributed by atoms with E-state index in [9.17, 15) is 17.6 Å². The van der Waals surface area contributed by atoms with Crippen molar-refractivity contribution >= 4 is 28.2 Å². The van der Waals surface area contributed by atoms with Gasteiger partial charge in [0.2, 0.25) is 0 Å². The van der Waals surface area contributed by atoms with Crippen LogP contribution in [-0.4, -0.2) is 32.6 Å². The van der Waals surface area contributed by atoms with Crippen molar-refractivity contribution in [2.75, 3.05) is 11.4 Å². The van der Waals surface area contributed by atoms with E-state index in [1.54, 1.807) is 6.92 Å². The average Bonchev–Trinajstić information content (AvgIpc) is 3.41. The Kier molecular flexibility index (Phi) is 5.15. The summed E-state index contributed by atoms with van der Waals surface area (Å²) in [6, 6.07) is 5.86. The topological polar surface area (TPSA) is 46.3 Å². The van der Waals surface area contributed by atoms with Crippen LogP contribution in [0.15, 0.2) is 30.3 Å². The number of aryl methyl sites for hydroxylation is 1. The molecule has 0 unspecified atom stereocenters. The third-order valence-corrected chi connectivity index (χ3v) is 5.83. The van der Waals surface area contributed by atoms with Gasteiger partial charge in [-0.3, -0.25) is 4.40 Å². The summed E-state index contributed by atoms with van der Waals surface area (Å²) in [5.74, 6) is 2.82. The maximum absolute atomic E-state index is 15.1. The van der Waals surface area contributed by atoms with Crippen molar-refractivity contribution in [3.8, 4) is 11.8 Å². The lowest BCUT2D eigenvalue weighted by Gasteiger charge is -2.25. The first kappa shape index (κ1) is 22.1. The van der Waals surface area contributed by atoms with Crippen molar-refractivity contribution in [1.82, 2.24) is 19.6 Å². The van der Waals surface area contributed by atoms with Crippen molar-refractivity contribution in [2.45, 2.75) is 33.1 Å². The van der Waals surface area contributed by atoms with Gasteiger partial charge in [0.15, 0.2) is 11.6 Å². The minimum atomic E-state index is -2.90. The lowest BCUT2D eigenvalue weighted by Crippen LogP contribution is -2.26. The second-order valence-electron chi connectivity index (χ2n) is 8.58. The summed E-state index contributed by atoms with van der Waals surface area (Å²) in [6.07, 6.45) is -1.04. The molecule has 0 saturated heterocycles. The molecule has 0 N–H and O–H groups in total. The van der Waals surface area contributed by atoms with Gasteiger partial charge in [0.05, 0.1) is 17.4 Å². The SMILES string of the molecule is Cc1nnc2nc(N(CC(F)F)c3cc(F)cc(C#CC4(C)CC4)c3)c3c(F)c(F)ccc3n12. The smallest absolute Gasteiger partial charge is 0.257 e. The third-order valence-electron chi connectivity index (χ3n) is 5.83. The third kappa shape index (κ3) is 3.91. The predicted molar refractivity (Wildman–Crippen MR) is 117 cm³/mol. The van der Waals surface area contributed by atoms with Gasteiger partial charge >= 0.3 is 0 Å². The summed E-state index contributed by atoms with van der Waals surface area (Å²) in [5, 5.41) is 7.46. The first-order chi connectivity index (χ1) is 16.1. The van der Waals surface area contributed by atoms with Crippen LogP contribution >= 0.6 is 0 Å². The van der Waals surface area contributed by atoms with E-state index in [-0.39, 0.29) is 39.2 Å². The van der Waals surface area contributed by atoms with Crippen molar-refractivity contribution in [2.24, 2.45) is 5.41 Å². The van der Waals surface area contributed by atoms with Gasteiger partial charge < -0.3 is 4.90 Å². The standard InChI is InChI=1S/C24H18F5N5/c1-13-31-32-23-30-22(20-18(34(13)23)4-3-17(26)21(20)29)33(12-19(27)28)16-10-14(9-15(25)11-16)5-6-24(2)7-8-24/h3-4,9-11,19H,7-8,12H2,1-2H3. The summed E-state index contributed by atoms with van der Waals surface area (Å²) in [7, 11) is 0. The quantitative estimate of drug-likeness (QED) is 0.289. The number of nitrogens with zero attached hydrogens (tertiary/aromatic N) is 5. The number of rotatable bonds is 4. The van der Waals surface area contributed by atoms with E-state index >= 15 is 4.39 Å². The Morgan fingerprint density at radius 3 is 2.59 bits per heavy atom. The highest BCUT2D eigenvalue weighted by atomic mass is 19.3. The van der Waals surface area contributed by atoms with Gasteiger partial charge in [0.25, 0.3) is 12.2 Å². The molecule has 1 aliphatic rings. The Morgan fingerprint density at radius 2 is 1.88 bits per heavy atom. The summed E-state index contributed by atoms with van der Waals surface area (Å²) in [5.41, 5.74) is 0.254. The Hall–Kier alpha value is -3.74. The Balaban J connectivity index is 1.76. The minimum absolute atomic E-state index is 0.00310. The molecule has 2 heterocycles. The van der Waals surface area contributed by atoms with Gasteiger partial charge in [-0.2, -0.15) is 4.98 Å². The molecule has 2 aromatic heterocycles. The largest absolute Gasteiger partial charge is 0.320 e. The highest BCUT2D eigenvalue weighted by molar-refractivity contribution is 5.94. The van der Waals surface area contributed by atoms with Gasteiger partial charge in [-0.05, 0) is 57.0 Å². The number of benzene rings is 2. The number of aromatic nitrogens is 4. The first-order valence-electron chi connectivity index (χ1n) is 10.5. The molecule has 0 amide bonds. The van der Waals surface area contributed by atoms with Gasteiger partial charge in [0, 0.05) is 16.7 Å². The first-order valence-corrected chi connectivity index (χ1v) is 10.5. The van der Waals surface area contributed by atoms with Crippen molar-refractivity contribution < 1.29 is 22.0 Å². The molecule has 0 bridgehead atoms. The average molecular weight is 471 g/mol. The zero-order chi connectivity index (χ0) is 24.2. The zero-order valence-corrected chi connectivity index (χ0v) is 18.2. The summed E-state index contributed by atoms with van der Waals surface area (Å²) in [6.45, 7) is 2.62. The lowest BCUT2D eigenvalue weighted by atomic mass is 10.1. The fraction of sp³-hybridized carbons (Fsp3) is 0.292. The van der Waals surface area contributed by atoms with Crippen LogP contribution in [0, 0.1) is 41.6 Å². The Labute approximate surface area is 191 Å². The van der Waals surface area contributed by atoms with Gasteiger partial charge in [-0.15, -0.1) is 10.2 Å². The molecule has 2 aromatic carbocycles. The van der Waals surface area contributed by atoms with Crippen LogP contribution in [0.25, 0.3) is 16.7 Å². The number of hydrogen-bond acceptors (Lipinski definition) is 4. The van der Waals surface area contributed by atoms with Crippen LogP contribution in [0.3, 0.4) is 0 Å². The highest BCUT2D eigenvalue weighted by Gasteiger charge is 2.35. The highest BCUT2D eigenvalue weighted by Crippen LogP contribution is 2.44. The maximum atomic E-state index is 15.1. The molecule has 1 fully saturated rings. The van der Waals surface area contributed by atoms with Gasteiger partial charge in [-0.25, -0.2) is 22.0 Å². The van der Waals surface area contributed by atoms with Crippen molar-refractivity contribution in [3.05, 3.63) is 59.2 Å². The summed E-state index contributed by atoms with van der Waals surface area (Å²) < 4.78 is 72.6. The molecule has 0 radical (unpaired) electrons. The van der Waals surface area contributed by atoms with E-state index in [2.05, 4.69) is 27.0 Å². The van der Waals surface area contributed by atoms with E-state index in [0.717, 1.165) is 29.9 Å². The number of halogens is 5. The van der Waals surface area contributed by atoms with Crippen LogP contribution in [-0.2, 0) is 0 Å². The lowest BCUT2D eigenvalue weighted by molar-refractivity contribution is 0.158. The van der Waals surface area contributed by atoms with E-state index in [4.69, 9.17) is 0 Å². The van der Waals surface area contributed by atoms with Crippen molar-refractivity contribution in [3.63, 3.8) is 0 Å². The molecule has 5 nitrogen and oxygen atoms in total.